The molecule has 6 nitrogen and oxygen atoms in total. The van der Waals surface area contributed by atoms with Gasteiger partial charge in [-0.15, -0.1) is 0 Å². The van der Waals surface area contributed by atoms with Gasteiger partial charge in [0.05, 0.1) is 4.92 Å². The van der Waals surface area contributed by atoms with Crippen molar-refractivity contribution in [1.82, 2.24) is 5.32 Å². The van der Waals surface area contributed by atoms with Crippen molar-refractivity contribution in [2.45, 2.75) is 39.2 Å². The highest BCUT2D eigenvalue weighted by molar-refractivity contribution is 5.96. The molecule has 0 saturated carbocycles. The number of nitro groups is 1. The molecule has 2 N–H and O–H groups in total. The van der Waals surface area contributed by atoms with E-state index in [1.54, 1.807) is 13.0 Å². The van der Waals surface area contributed by atoms with Crippen molar-refractivity contribution in [2.24, 2.45) is 0 Å². The minimum atomic E-state index is -0.525. The summed E-state index contributed by atoms with van der Waals surface area (Å²) in [5, 5.41) is 22.7. The molecular weight excluding hydrogens is 260 g/mol. The number of nitrogens with one attached hydrogen (secondary N) is 1. The molecule has 0 radical (unpaired) electrons. The Hall–Kier alpha value is -1.95. The number of benzene rings is 1. The van der Waals surface area contributed by atoms with Gasteiger partial charge in [0.1, 0.15) is 0 Å². The summed E-state index contributed by atoms with van der Waals surface area (Å²) in [7, 11) is 0. The van der Waals surface area contributed by atoms with Crippen molar-refractivity contribution in [3.8, 4) is 0 Å². The lowest BCUT2D eigenvalue weighted by molar-refractivity contribution is -0.384. The maximum Gasteiger partial charge on any atom is 0.270 e. The first kappa shape index (κ1) is 16.1. The summed E-state index contributed by atoms with van der Waals surface area (Å²) in [5.74, 6) is -0.357. The van der Waals surface area contributed by atoms with E-state index in [1.165, 1.54) is 12.1 Å². The average molecular weight is 280 g/mol. The summed E-state index contributed by atoms with van der Waals surface area (Å²) in [6, 6.07) is 4.21. The molecule has 0 heterocycles. The van der Waals surface area contributed by atoms with Crippen LogP contribution in [-0.4, -0.2) is 28.1 Å². The predicted molar refractivity (Wildman–Crippen MR) is 75.7 cm³/mol. The summed E-state index contributed by atoms with van der Waals surface area (Å²) in [6.45, 7) is 5.45. The van der Waals surface area contributed by atoms with Gasteiger partial charge in [0, 0.05) is 29.8 Å². The van der Waals surface area contributed by atoms with E-state index in [1.807, 2.05) is 13.8 Å². The van der Waals surface area contributed by atoms with E-state index in [0.717, 1.165) is 0 Å². The van der Waals surface area contributed by atoms with E-state index in [0.29, 0.717) is 18.4 Å². The van der Waals surface area contributed by atoms with Crippen LogP contribution in [0.2, 0.25) is 0 Å². The monoisotopic (exact) mass is 280 g/mol. The molecule has 0 spiro atoms. The first-order valence-corrected chi connectivity index (χ1v) is 6.51. The van der Waals surface area contributed by atoms with E-state index in [2.05, 4.69) is 5.32 Å². The topological polar surface area (TPSA) is 92.5 Å². The standard InChI is InChI=1S/C14H20N2O4/c1-4-14(3,7-8-17)15-13(18)12-9-11(16(19)20)6-5-10(12)2/h5-6,9,17H,4,7-8H2,1-3H3,(H,15,18). The van der Waals surface area contributed by atoms with Gasteiger partial charge in [-0.05, 0) is 32.3 Å². The van der Waals surface area contributed by atoms with Gasteiger partial charge in [-0.25, -0.2) is 0 Å². The Balaban J connectivity index is 3.02. The molecule has 0 aliphatic heterocycles. The van der Waals surface area contributed by atoms with Crippen molar-refractivity contribution in [1.29, 1.82) is 0 Å². The molecule has 1 atom stereocenters. The highest BCUT2D eigenvalue weighted by atomic mass is 16.6. The van der Waals surface area contributed by atoms with Crippen molar-refractivity contribution in [3.05, 3.63) is 39.4 Å². The van der Waals surface area contributed by atoms with Crippen LogP contribution >= 0.6 is 0 Å². The lowest BCUT2D eigenvalue weighted by Gasteiger charge is -2.29. The second-order valence-corrected chi connectivity index (χ2v) is 5.10. The van der Waals surface area contributed by atoms with Crippen LogP contribution in [0.5, 0.6) is 0 Å². The molecule has 1 amide bonds. The highest BCUT2D eigenvalue weighted by Gasteiger charge is 2.25. The average Bonchev–Trinajstić information content (AvgIpc) is 2.39. The van der Waals surface area contributed by atoms with Crippen molar-refractivity contribution < 1.29 is 14.8 Å². The molecule has 20 heavy (non-hydrogen) atoms. The second-order valence-electron chi connectivity index (χ2n) is 5.10. The maximum absolute atomic E-state index is 12.3. The smallest absolute Gasteiger partial charge is 0.270 e. The number of hydrogen-bond donors (Lipinski definition) is 2. The van der Waals surface area contributed by atoms with E-state index < -0.39 is 10.5 Å². The number of aliphatic hydroxyl groups is 1. The molecule has 0 aromatic heterocycles. The van der Waals surface area contributed by atoms with Gasteiger partial charge in [0.25, 0.3) is 11.6 Å². The van der Waals surface area contributed by atoms with Gasteiger partial charge in [-0.1, -0.05) is 13.0 Å². The normalized spacial score (nSPS) is 13.6. The largest absolute Gasteiger partial charge is 0.396 e. The highest BCUT2D eigenvalue weighted by Crippen LogP contribution is 2.20. The molecule has 110 valence electrons. The molecule has 1 aromatic rings. The van der Waals surface area contributed by atoms with Crippen LogP contribution in [-0.2, 0) is 0 Å². The number of non-ortho nitro benzene ring substituents is 1. The first-order valence-electron chi connectivity index (χ1n) is 6.51. The number of nitro benzene ring substituents is 1. The Labute approximate surface area is 118 Å². The zero-order valence-corrected chi connectivity index (χ0v) is 12.0. The Morgan fingerprint density at radius 3 is 2.65 bits per heavy atom. The summed E-state index contributed by atoms with van der Waals surface area (Å²) in [6.07, 6.45) is 1.09. The Bertz CT molecular complexity index is 516. The summed E-state index contributed by atoms with van der Waals surface area (Å²) in [4.78, 5) is 22.5. The van der Waals surface area contributed by atoms with Gasteiger partial charge < -0.3 is 10.4 Å². The van der Waals surface area contributed by atoms with Crippen molar-refractivity contribution >= 4 is 11.6 Å². The van der Waals surface area contributed by atoms with E-state index >= 15 is 0 Å². The molecule has 1 aromatic carbocycles. The van der Waals surface area contributed by atoms with Gasteiger partial charge in [0.2, 0.25) is 0 Å². The SMILES string of the molecule is CCC(C)(CCO)NC(=O)c1cc([N+](=O)[O-])ccc1C. The van der Waals surface area contributed by atoms with Crippen LogP contribution in [0, 0.1) is 17.0 Å². The molecule has 0 bridgehead atoms. The van der Waals surface area contributed by atoms with Gasteiger partial charge in [-0.2, -0.15) is 0 Å². The molecule has 0 fully saturated rings. The number of amides is 1. The minimum absolute atomic E-state index is 0.0292. The third kappa shape index (κ3) is 3.77. The van der Waals surface area contributed by atoms with Crippen LogP contribution in [0.4, 0.5) is 5.69 Å². The molecule has 0 aliphatic rings. The van der Waals surface area contributed by atoms with Crippen LogP contribution < -0.4 is 5.32 Å². The molecule has 1 unspecified atom stereocenters. The van der Waals surface area contributed by atoms with Crippen molar-refractivity contribution in [2.75, 3.05) is 6.61 Å². The fourth-order valence-corrected chi connectivity index (χ4v) is 1.88. The predicted octanol–water partition coefficient (Wildman–Crippen LogP) is 2.18. The molecule has 0 saturated heterocycles. The third-order valence-electron chi connectivity index (χ3n) is 3.54. The number of aryl methyl sites for hydroxylation is 1. The Kier molecular flexibility index (Phi) is 5.21. The number of aliphatic hydroxyl groups excluding tert-OH is 1. The van der Waals surface area contributed by atoms with Crippen LogP contribution in [0.1, 0.15) is 42.6 Å². The van der Waals surface area contributed by atoms with E-state index in [4.69, 9.17) is 5.11 Å². The fourth-order valence-electron chi connectivity index (χ4n) is 1.88. The fraction of sp³-hybridized carbons (Fsp3) is 0.500. The zero-order valence-electron chi connectivity index (χ0n) is 12.0. The molecular formula is C14H20N2O4. The van der Waals surface area contributed by atoms with Crippen molar-refractivity contribution in [3.63, 3.8) is 0 Å². The molecule has 0 aliphatic carbocycles. The van der Waals surface area contributed by atoms with E-state index in [-0.39, 0.29) is 23.8 Å². The summed E-state index contributed by atoms with van der Waals surface area (Å²) in [5.41, 5.74) is 0.330. The number of carbonyl (C=O) groups is 1. The number of nitrogens with zero attached hydrogens (tertiary/aromatic N) is 1. The Morgan fingerprint density at radius 2 is 2.15 bits per heavy atom. The van der Waals surface area contributed by atoms with Crippen LogP contribution in [0.3, 0.4) is 0 Å². The van der Waals surface area contributed by atoms with Gasteiger partial charge in [0.15, 0.2) is 0 Å². The first-order chi connectivity index (χ1) is 9.33. The maximum atomic E-state index is 12.3. The molecule has 6 heteroatoms. The van der Waals surface area contributed by atoms with Gasteiger partial charge in [-0.3, -0.25) is 14.9 Å². The summed E-state index contributed by atoms with van der Waals surface area (Å²) >= 11 is 0. The molecule has 1 rings (SSSR count). The van der Waals surface area contributed by atoms with Crippen LogP contribution in [0.25, 0.3) is 0 Å². The number of rotatable bonds is 6. The number of hydrogen-bond acceptors (Lipinski definition) is 4. The minimum Gasteiger partial charge on any atom is -0.396 e. The lowest BCUT2D eigenvalue weighted by atomic mass is 9.94. The lowest BCUT2D eigenvalue weighted by Crippen LogP contribution is -2.46. The second kappa shape index (κ2) is 6.47. The van der Waals surface area contributed by atoms with Crippen LogP contribution in [0.15, 0.2) is 18.2 Å². The quantitative estimate of drug-likeness (QED) is 0.617. The number of carbonyl (C=O) groups excluding carboxylic acids is 1. The summed E-state index contributed by atoms with van der Waals surface area (Å²) < 4.78 is 0. The van der Waals surface area contributed by atoms with E-state index in [9.17, 15) is 14.9 Å². The zero-order chi connectivity index (χ0) is 15.3. The third-order valence-corrected chi connectivity index (χ3v) is 3.54. The van der Waals surface area contributed by atoms with Gasteiger partial charge >= 0.3 is 0 Å². The Morgan fingerprint density at radius 1 is 1.50 bits per heavy atom.